The van der Waals surface area contributed by atoms with Crippen molar-refractivity contribution in [3.8, 4) is 0 Å². The third kappa shape index (κ3) is 4.73. The largest absolute Gasteiger partial charge is 0.355 e. The topological polar surface area (TPSA) is 50.2 Å². The van der Waals surface area contributed by atoms with Crippen LogP contribution in [0.3, 0.4) is 0 Å². The number of aryl methyl sites for hydroxylation is 4. The van der Waals surface area contributed by atoms with Crippen molar-refractivity contribution in [3.05, 3.63) is 52.8 Å². The molecule has 3 rings (SSSR count). The number of rotatable bonds is 7. The van der Waals surface area contributed by atoms with Crippen LogP contribution in [0.5, 0.6) is 0 Å². The lowest BCUT2D eigenvalue weighted by atomic mass is 9.94. The standard InChI is InChI=1S/C21H30N4O/c1-16-6-4-5-7-20(16)19-8-11-24(15-19)13-10-22-21(26)9-12-25-18(3)14-17(2)23-25/h4-7,14,19H,8-13,15H2,1-3H3,(H,22,26)/t19-/m1/s1. The van der Waals surface area contributed by atoms with Crippen LogP contribution in [0.2, 0.25) is 0 Å². The number of carbonyl (C=O) groups is 1. The van der Waals surface area contributed by atoms with E-state index in [2.05, 4.69) is 46.5 Å². The Hall–Kier alpha value is -2.14. The molecule has 2 aromatic rings. The maximum atomic E-state index is 12.1. The number of hydrogen-bond acceptors (Lipinski definition) is 3. The van der Waals surface area contributed by atoms with Gasteiger partial charge in [0.25, 0.3) is 0 Å². The van der Waals surface area contributed by atoms with E-state index in [9.17, 15) is 4.79 Å². The van der Waals surface area contributed by atoms with Crippen molar-refractivity contribution in [2.24, 2.45) is 0 Å². The van der Waals surface area contributed by atoms with Crippen LogP contribution in [0.1, 0.15) is 41.3 Å². The maximum absolute atomic E-state index is 12.1. The highest BCUT2D eigenvalue weighted by atomic mass is 16.1. The molecule has 1 atom stereocenters. The first-order valence-electron chi connectivity index (χ1n) is 9.58. The molecule has 0 radical (unpaired) electrons. The molecule has 26 heavy (non-hydrogen) atoms. The molecule has 1 N–H and O–H groups in total. The van der Waals surface area contributed by atoms with Gasteiger partial charge in [0.15, 0.2) is 0 Å². The highest BCUT2D eigenvalue weighted by Crippen LogP contribution is 2.28. The molecule has 1 aliphatic rings. The normalized spacial score (nSPS) is 17.6. The van der Waals surface area contributed by atoms with Crippen LogP contribution in [-0.4, -0.2) is 46.8 Å². The fraction of sp³-hybridized carbons (Fsp3) is 0.524. The molecule has 0 unspecified atom stereocenters. The monoisotopic (exact) mass is 354 g/mol. The van der Waals surface area contributed by atoms with Crippen LogP contribution < -0.4 is 5.32 Å². The van der Waals surface area contributed by atoms with Gasteiger partial charge in [0, 0.05) is 38.3 Å². The van der Waals surface area contributed by atoms with E-state index < -0.39 is 0 Å². The average Bonchev–Trinajstić information content (AvgIpc) is 3.19. The van der Waals surface area contributed by atoms with Gasteiger partial charge in [0.05, 0.1) is 5.69 Å². The van der Waals surface area contributed by atoms with E-state index in [1.54, 1.807) is 0 Å². The quantitative estimate of drug-likeness (QED) is 0.832. The predicted molar refractivity (Wildman–Crippen MR) is 104 cm³/mol. The second-order valence-corrected chi connectivity index (χ2v) is 7.39. The summed E-state index contributed by atoms with van der Waals surface area (Å²) in [5.74, 6) is 0.727. The summed E-state index contributed by atoms with van der Waals surface area (Å²) in [5, 5.41) is 7.45. The van der Waals surface area contributed by atoms with Crippen molar-refractivity contribution >= 4 is 5.91 Å². The van der Waals surface area contributed by atoms with Gasteiger partial charge in [-0.3, -0.25) is 9.48 Å². The maximum Gasteiger partial charge on any atom is 0.221 e. The number of amides is 1. The van der Waals surface area contributed by atoms with Crippen LogP contribution in [0, 0.1) is 20.8 Å². The van der Waals surface area contributed by atoms with E-state index in [0.717, 1.165) is 37.6 Å². The summed E-state index contributed by atoms with van der Waals surface area (Å²) in [4.78, 5) is 14.5. The molecule has 1 aromatic carbocycles. The highest BCUT2D eigenvalue weighted by molar-refractivity contribution is 5.75. The molecule has 0 saturated carbocycles. The van der Waals surface area contributed by atoms with E-state index >= 15 is 0 Å². The van der Waals surface area contributed by atoms with E-state index in [0.29, 0.717) is 18.9 Å². The van der Waals surface area contributed by atoms with Crippen molar-refractivity contribution in [1.82, 2.24) is 20.0 Å². The second kappa shape index (κ2) is 8.49. The molecule has 1 fully saturated rings. The van der Waals surface area contributed by atoms with E-state index in [4.69, 9.17) is 0 Å². The number of hydrogen-bond donors (Lipinski definition) is 1. The lowest BCUT2D eigenvalue weighted by Crippen LogP contribution is -2.34. The van der Waals surface area contributed by atoms with Crippen molar-refractivity contribution in [2.75, 3.05) is 26.2 Å². The van der Waals surface area contributed by atoms with E-state index in [1.165, 1.54) is 17.5 Å². The average molecular weight is 354 g/mol. The molecule has 0 bridgehead atoms. The smallest absolute Gasteiger partial charge is 0.221 e. The molecule has 0 spiro atoms. The predicted octanol–water partition coefficient (Wildman–Crippen LogP) is 2.80. The Kier molecular flexibility index (Phi) is 6.09. The molecular weight excluding hydrogens is 324 g/mol. The van der Waals surface area contributed by atoms with Gasteiger partial charge in [-0.2, -0.15) is 5.10 Å². The molecule has 5 heteroatoms. The van der Waals surface area contributed by atoms with E-state index in [-0.39, 0.29) is 5.91 Å². The summed E-state index contributed by atoms with van der Waals surface area (Å²) >= 11 is 0. The van der Waals surface area contributed by atoms with Crippen molar-refractivity contribution in [3.63, 3.8) is 0 Å². The second-order valence-electron chi connectivity index (χ2n) is 7.39. The van der Waals surface area contributed by atoms with Crippen molar-refractivity contribution in [1.29, 1.82) is 0 Å². The zero-order valence-corrected chi connectivity index (χ0v) is 16.2. The first-order chi connectivity index (χ1) is 12.5. The Bertz CT molecular complexity index is 752. The molecule has 5 nitrogen and oxygen atoms in total. The minimum atomic E-state index is 0.104. The van der Waals surface area contributed by atoms with Crippen LogP contribution in [0.25, 0.3) is 0 Å². The van der Waals surface area contributed by atoms with Gasteiger partial charge >= 0.3 is 0 Å². The Balaban J connectivity index is 1.37. The number of nitrogens with zero attached hydrogens (tertiary/aromatic N) is 3. The SMILES string of the molecule is Cc1cc(C)n(CCC(=O)NCCN2CC[C@@H](c3ccccc3C)C2)n1. The van der Waals surface area contributed by atoms with Crippen molar-refractivity contribution in [2.45, 2.75) is 46.1 Å². The van der Waals surface area contributed by atoms with E-state index in [1.807, 2.05) is 24.6 Å². The summed E-state index contributed by atoms with van der Waals surface area (Å²) in [7, 11) is 0. The summed E-state index contributed by atoms with van der Waals surface area (Å²) in [6, 6.07) is 10.7. The molecule has 2 heterocycles. The van der Waals surface area contributed by atoms with Gasteiger partial charge in [-0.05, 0) is 56.8 Å². The Morgan fingerprint density at radius 2 is 2.04 bits per heavy atom. The van der Waals surface area contributed by atoms with Crippen LogP contribution in [-0.2, 0) is 11.3 Å². The van der Waals surface area contributed by atoms with Crippen LogP contribution >= 0.6 is 0 Å². The minimum Gasteiger partial charge on any atom is -0.355 e. The summed E-state index contributed by atoms with van der Waals surface area (Å²) in [6.45, 7) is 10.7. The Labute approximate surface area is 156 Å². The first kappa shape index (κ1) is 18.6. The molecular formula is C21H30N4O. The first-order valence-corrected chi connectivity index (χ1v) is 9.58. The van der Waals surface area contributed by atoms with Gasteiger partial charge in [0.2, 0.25) is 5.91 Å². The summed E-state index contributed by atoms with van der Waals surface area (Å²) < 4.78 is 1.90. The minimum absolute atomic E-state index is 0.104. The molecule has 1 aliphatic heterocycles. The fourth-order valence-corrected chi connectivity index (χ4v) is 3.89. The molecule has 1 saturated heterocycles. The number of nitrogens with one attached hydrogen (secondary N) is 1. The van der Waals surface area contributed by atoms with Crippen molar-refractivity contribution < 1.29 is 4.79 Å². The molecule has 1 aromatic heterocycles. The Morgan fingerprint density at radius 3 is 2.77 bits per heavy atom. The fourth-order valence-electron chi connectivity index (χ4n) is 3.89. The lowest BCUT2D eigenvalue weighted by molar-refractivity contribution is -0.121. The van der Waals surface area contributed by atoms with Gasteiger partial charge in [-0.25, -0.2) is 0 Å². The molecule has 1 amide bonds. The van der Waals surface area contributed by atoms with Gasteiger partial charge < -0.3 is 10.2 Å². The number of carbonyl (C=O) groups excluding carboxylic acids is 1. The zero-order chi connectivity index (χ0) is 18.5. The summed E-state index contributed by atoms with van der Waals surface area (Å²) in [5.41, 5.74) is 4.97. The molecule has 0 aliphatic carbocycles. The van der Waals surface area contributed by atoms with Crippen LogP contribution in [0.4, 0.5) is 0 Å². The van der Waals surface area contributed by atoms with Gasteiger partial charge in [-0.1, -0.05) is 24.3 Å². The summed E-state index contributed by atoms with van der Waals surface area (Å²) in [6.07, 6.45) is 1.69. The third-order valence-electron chi connectivity index (χ3n) is 5.30. The Morgan fingerprint density at radius 1 is 1.23 bits per heavy atom. The zero-order valence-electron chi connectivity index (χ0n) is 16.2. The number of benzene rings is 1. The number of aromatic nitrogens is 2. The highest BCUT2D eigenvalue weighted by Gasteiger charge is 2.24. The molecule has 140 valence electrons. The lowest BCUT2D eigenvalue weighted by Gasteiger charge is -2.17. The third-order valence-corrected chi connectivity index (χ3v) is 5.30. The van der Waals surface area contributed by atoms with Crippen LogP contribution in [0.15, 0.2) is 30.3 Å². The van der Waals surface area contributed by atoms with Gasteiger partial charge in [-0.15, -0.1) is 0 Å². The number of likely N-dealkylation sites (tertiary alicyclic amines) is 1. The van der Waals surface area contributed by atoms with Gasteiger partial charge in [0.1, 0.15) is 0 Å².